The van der Waals surface area contributed by atoms with Gasteiger partial charge < -0.3 is 9.31 Å². The molecule has 0 bridgehead atoms. The molecular weight excluding hydrogens is 280 g/mol. The largest absolute Gasteiger partial charge is 0.628 e. The summed E-state index contributed by atoms with van der Waals surface area (Å²) >= 11 is 5.87. The van der Waals surface area contributed by atoms with Gasteiger partial charge in [-0.25, -0.2) is 0 Å². The molecule has 0 aliphatic carbocycles. The lowest BCUT2D eigenvalue weighted by Crippen LogP contribution is -2.41. The van der Waals surface area contributed by atoms with E-state index in [1.165, 1.54) is 10.9 Å². The molecule has 2 rings (SSSR count). The van der Waals surface area contributed by atoms with Gasteiger partial charge in [0.2, 0.25) is 0 Å². The minimum atomic E-state index is -1.01. The molecular formula is C13H13BClNO4. The van der Waals surface area contributed by atoms with E-state index in [2.05, 4.69) is 0 Å². The Balaban J connectivity index is 2.06. The third-order valence-electron chi connectivity index (χ3n) is 2.59. The molecule has 0 unspecified atom stereocenters. The van der Waals surface area contributed by atoms with Crippen molar-refractivity contribution in [2.45, 2.75) is 0 Å². The zero-order valence-corrected chi connectivity index (χ0v) is 11.7. The van der Waals surface area contributed by atoms with Crippen molar-refractivity contribution in [1.82, 2.24) is 4.90 Å². The average Bonchev–Trinajstić information content (AvgIpc) is 2.34. The van der Waals surface area contributed by atoms with Gasteiger partial charge in [-0.1, -0.05) is 29.8 Å². The molecule has 1 heterocycles. The van der Waals surface area contributed by atoms with Crippen LogP contribution in [0.3, 0.4) is 0 Å². The number of carbonyl (C=O) groups is 2. The molecule has 0 atom stereocenters. The maximum atomic E-state index is 11.5. The molecule has 1 aromatic rings. The van der Waals surface area contributed by atoms with Crippen LogP contribution in [-0.2, 0) is 18.9 Å². The number of benzene rings is 1. The number of rotatable bonds is 2. The van der Waals surface area contributed by atoms with Crippen LogP contribution in [0.5, 0.6) is 0 Å². The molecule has 1 aromatic carbocycles. The predicted molar refractivity (Wildman–Crippen MR) is 75.9 cm³/mol. The fourth-order valence-electron chi connectivity index (χ4n) is 1.73. The van der Waals surface area contributed by atoms with Gasteiger partial charge in [0, 0.05) is 5.02 Å². The number of carbonyl (C=O) groups excluding carboxylic acids is 2. The monoisotopic (exact) mass is 293 g/mol. The first-order valence-electron chi connectivity index (χ1n) is 6.04. The van der Waals surface area contributed by atoms with E-state index in [0.717, 1.165) is 5.56 Å². The summed E-state index contributed by atoms with van der Waals surface area (Å²) < 4.78 is 10.1. The van der Waals surface area contributed by atoms with Crippen molar-refractivity contribution in [2.75, 3.05) is 20.1 Å². The molecule has 5 nitrogen and oxygen atoms in total. The van der Waals surface area contributed by atoms with Crippen LogP contribution < -0.4 is 0 Å². The molecule has 0 saturated carbocycles. The van der Waals surface area contributed by atoms with Gasteiger partial charge in [-0.2, -0.15) is 0 Å². The van der Waals surface area contributed by atoms with Gasteiger partial charge in [-0.05, 0) is 30.7 Å². The SMILES string of the molecule is CN1CC(=O)OB(C=Cc2cccc(Cl)c2)OC(=O)C1. The Morgan fingerprint density at radius 2 is 1.90 bits per heavy atom. The van der Waals surface area contributed by atoms with Crippen molar-refractivity contribution in [3.05, 3.63) is 40.8 Å². The van der Waals surface area contributed by atoms with E-state index < -0.39 is 19.1 Å². The summed E-state index contributed by atoms with van der Waals surface area (Å²) in [7, 11) is 0.632. The summed E-state index contributed by atoms with van der Waals surface area (Å²) in [5.74, 6) is 0.619. The van der Waals surface area contributed by atoms with Crippen LogP contribution in [0.1, 0.15) is 5.56 Å². The summed E-state index contributed by atoms with van der Waals surface area (Å²) in [6, 6.07) is 7.14. The van der Waals surface area contributed by atoms with E-state index in [9.17, 15) is 9.59 Å². The Kier molecular flexibility index (Phi) is 4.81. The van der Waals surface area contributed by atoms with Crippen LogP contribution in [0.15, 0.2) is 30.2 Å². The Labute approximate surface area is 122 Å². The number of likely N-dealkylation sites (N-methyl/N-ethyl adjacent to an activating group) is 1. The van der Waals surface area contributed by atoms with Crippen LogP contribution in [0.25, 0.3) is 6.08 Å². The summed E-state index contributed by atoms with van der Waals surface area (Å²) in [5, 5.41) is 0.598. The molecule has 1 fully saturated rings. The minimum absolute atomic E-state index is 0.0522. The van der Waals surface area contributed by atoms with Crippen molar-refractivity contribution < 1.29 is 18.9 Å². The summed E-state index contributed by atoms with van der Waals surface area (Å²) in [4.78, 5) is 24.6. The van der Waals surface area contributed by atoms with Gasteiger partial charge in [-0.15, -0.1) is 0 Å². The second-order valence-electron chi connectivity index (χ2n) is 4.43. The summed E-state index contributed by atoms with van der Waals surface area (Å²) in [6.45, 7) is 0.104. The van der Waals surface area contributed by atoms with E-state index >= 15 is 0 Å². The van der Waals surface area contributed by atoms with Gasteiger partial charge in [0.25, 0.3) is 0 Å². The van der Waals surface area contributed by atoms with Crippen LogP contribution >= 0.6 is 11.6 Å². The average molecular weight is 294 g/mol. The minimum Gasteiger partial charge on any atom is -0.495 e. The van der Waals surface area contributed by atoms with Gasteiger partial charge >= 0.3 is 19.1 Å². The maximum absolute atomic E-state index is 11.5. The molecule has 1 aliphatic heterocycles. The molecule has 0 amide bonds. The third kappa shape index (κ3) is 4.40. The van der Waals surface area contributed by atoms with E-state index in [1.807, 2.05) is 6.07 Å². The number of hydrogen-bond acceptors (Lipinski definition) is 5. The van der Waals surface area contributed by atoms with Crippen molar-refractivity contribution in [2.24, 2.45) is 0 Å². The fraction of sp³-hybridized carbons (Fsp3) is 0.231. The molecule has 0 aromatic heterocycles. The van der Waals surface area contributed by atoms with Crippen LogP contribution in [0, 0.1) is 0 Å². The first kappa shape index (κ1) is 14.6. The van der Waals surface area contributed by atoms with Crippen LogP contribution in [0.4, 0.5) is 0 Å². The third-order valence-corrected chi connectivity index (χ3v) is 2.82. The van der Waals surface area contributed by atoms with Crippen molar-refractivity contribution in [3.63, 3.8) is 0 Å². The van der Waals surface area contributed by atoms with E-state index in [4.69, 9.17) is 20.9 Å². The highest BCUT2D eigenvalue weighted by molar-refractivity contribution is 6.55. The number of nitrogens with zero attached hydrogens (tertiary/aromatic N) is 1. The van der Waals surface area contributed by atoms with Gasteiger partial charge in [0.15, 0.2) is 0 Å². The summed E-state index contributed by atoms with van der Waals surface area (Å²) in [5.41, 5.74) is 0.823. The molecule has 1 aliphatic rings. The highest BCUT2D eigenvalue weighted by Gasteiger charge is 2.29. The lowest BCUT2D eigenvalue weighted by Gasteiger charge is -2.21. The second kappa shape index (κ2) is 6.59. The lowest BCUT2D eigenvalue weighted by atomic mass is 9.88. The molecule has 0 N–H and O–H groups in total. The Bertz CT molecular complexity index is 529. The van der Waals surface area contributed by atoms with Gasteiger partial charge in [-0.3, -0.25) is 14.5 Å². The van der Waals surface area contributed by atoms with Crippen LogP contribution in [0.2, 0.25) is 5.02 Å². The molecule has 1 saturated heterocycles. The molecule has 0 radical (unpaired) electrons. The lowest BCUT2D eigenvalue weighted by molar-refractivity contribution is -0.145. The van der Waals surface area contributed by atoms with E-state index in [1.54, 1.807) is 31.3 Å². The quantitative estimate of drug-likeness (QED) is 0.772. The second-order valence-corrected chi connectivity index (χ2v) is 4.87. The van der Waals surface area contributed by atoms with Crippen molar-refractivity contribution in [1.29, 1.82) is 0 Å². The standard InChI is InChI=1S/C13H13BClNO4/c1-16-8-12(17)19-14(20-13(18)9-16)6-5-10-3-2-4-11(15)7-10/h2-7H,8-9H2,1H3. The Hall–Kier alpha value is -1.79. The maximum Gasteiger partial charge on any atom is 0.628 e. The molecule has 104 valence electrons. The van der Waals surface area contributed by atoms with E-state index in [-0.39, 0.29) is 13.1 Å². The first-order chi connectivity index (χ1) is 9.52. The highest BCUT2D eigenvalue weighted by Crippen LogP contribution is 2.12. The molecule has 7 heteroatoms. The topological polar surface area (TPSA) is 55.8 Å². The van der Waals surface area contributed by atoms with Crippen molar-refractivity contribution >= 4 is 36.7 Å². The Morgan fingerprint density at radius 3 is 2.50 bits per heavy atom. The van der Waals surface area contributed by atoms with Gasteiger partial charge in [0.05, 0.1) is 13.1 Å². The number of halogens is 1. The Morgan fingerprint density at radius 1 is 1.25 bits per heavy atom. The van der Waals surface area contributed by atoms with E-state index in [0.29, 0.717) is 5.02 Å². The number of hydrogen-bond donors (Lipinski definition) is 0. The molecule has 0 spiro atoms. The van der Waals surface area contributed by atoms with Crippen molar-refractivity contribution in [3.8, 4) is 0 Å². The normalized spacial score (nSPS) is 17.6. The highest BCUT2D eigenvalue weighted by atomic mass is 35.5. The zero-order chi connectivity index (χ0) is 14.5. The predicted octanol–water partition coefficient (Wildman–Crippen LogP) is 1.41. The van der Waals surface area contributed by atoms with Gasteiger partial charge in [0.1, 0.15) is 0 Å². The fourth-order valence-corrected chi connectivity index (χ4v) is 1.93. The summed E-state index contributed by atoms with van der Waals surface area (Å²) in [6.07, 6.45) is 1.68. The zero-order valence-electron chi connectivity index (χ0n) is 10.9. The molecule has 20 heavy (non-hydrogen) atoms. The smallest absolute Gasteiger partial charge is 0.495 e. The van der Waals surface area contributed by atoms with Crippen LogP contribution in [-0.4, -0.2) is 44.1 Å². The first-order valence-corrected chi connectivity index (χ1v) is 6.42.